The highest BCUT2D eigenvalue weighted by Crippen LogP contribution is 2.22. The van der Waals surface area contributed by atoms with Crippen LogP contribution < -0.4 is 5.32 Å². The van der Waals surface area contributed by atoms with Gasteiger partial charge in [0.25, 0.3) is 0 Å². The van der Waals surface area contributed by atoms with Crippen molar-refractivity contribution in [1.29, 1.82) is 0 Å². The summed E-state index contributed by atoms with van der Waals surface area (Å²) in [5.41, 5.74) is 0.901. The first-order valence-corrected chi connectivity index (χ1v) is 7.53. The third-order valence-electron chi connectivity index (χ3n) is 3.49. The largest absolute Gasteiger partial charge is 0.391 e. The molecule has 0 saturated heterocycles. The predicted octanol–water partition coefficient (Wildman–Crippen LogP) is 2.34. The van der Waals surface area contributed by atoms with Gasteiger partial charge in [-0.25, -0.2) is 9.97 Å². The normalized spacial score (nSPS) is 23.5. The van der Waals surface area contributed by atoms with Crippen molar-refractivity contribution in [3.05, 3.63) is 22.2 Å². The Balaban J connectivity index is 1.86. The molecule has 1 saturated carbocycles. The Bertz CT molecular complexity index is 592. The summed E-state index contributed by atoms with van der Waals surface area (Å²) in [4.78, 5) is 12.9. The van der Waals surface area contributed by atoms with E-state index in [2.05, 4.69) is 42.9 Å². The van der Waals surface area contributed by atoms with E-state index < -0.39 is 0 Å². The molecule has 2 aromatic rings. The van der Waals surface area contributed by atoms with E-state index in [1.54, 1.807) is 18.6 Å². The third kappa shape index (κ3) is 2.79. The molecule has 19 heavy (non-hydrogen) atoms. The van der Waals surface area contributed by atoms with Gasteiger partial charge in [-0.3, -0.25) is 4.98 Å². The van der Waals surface area contributed by atoms with Crippen molar-refractivity contribution in [3.63, 3.8) is 0 Å². The molecular weight excluding hydrogens is 355 g/mol. The molecular formula is C13H15IN4O. The van der Waals surface area contributed by atoms with Crippen LogP contribution in [0.1, 0.15) is 25.7 Å². The van der Waals surface area contributed by atoms with Gasteiger partial charge in [-0.1, -0.05) is 12.8 Å². The van der Waals surface area contributed by atoms with E-state index in [1.165, 1.54) is 0 Å². The van der Waals surface area contributed by atoms with Crippen LogP contribution in [0.2, 0.25) is 0 Å². The average molecular weight is 370 g/mol. The monoisotopic (exact) mass is 370 g/mol. The lowest BCUT2D eigenvalue weighted by molar-refractivity contribution is 0.116. The van der Waals surface area contributed by atoms with Gasteiger partial charge in [0.2, 0.25) is 5.95 Å². The summed E-state index contributed by atoms with van der Waals surface area (Å²) in [5, 5.41) is 14.2. The lowest BCUT2D eigenvalue weighted by Gasteiger charge is -2.28. The highest BCUT2D eigenvalue weighted by molar-refractivity contribution is 14.1. The Morgan fingerprint density at radius 2 is 2.05 bits per heavy atom. The van der Waals surface area contributed by atoms with Crippen molar-refractivity contribution in [1.82, 2.24) is 15.0 Å². The Kier molecular flexibility index (Phi) is 3.79. The molecule has 1 fully saturated rings. The molecule has 2 aromatic heterocycles. The van der Waals surface area contributed by atoms with Crippen molar-refractivity contribution >= 4 is 39.4 Å². The molecule has 0 spiro atoms. The minimum atomic E-state index is -0.301. The van der Waals surface area contributed by atoms with Crippen molar-refractivity contribution in [3.8, 4) is 0 Å². The molecule has 100 valence electrons. The number of nitrogens with zero attached hydrogens (tertiary/aromatic N) is 3. The van der Waals surface area contributed by atoms with Gasteiger partial charge in [-0.2, -0.15) is 0 Å². The molecule has 0 unspecified atom stereocenters. The molecule has 3 rings (SSSR count). The van der Waals surface area contributed by atoms with E-state index in [0.717, 1.165) is 40.2 Å². The quantitative estimate of drug-likeness (QED) is 0.795. The summed E-state index contributed by atoms with van der Waals surface area (Å²) >= 11 is 2.22. The number of anilines is 1. The second kappa shape index (κ2) is 5.54. The number of aromatic nitrogens is 3. The molecule has 5 nitrogen and oxygen atoms in total. The van der Waals surface area contributed by atoms with Gasteiger partial charge in [0.15, 0.2) is 0 Å². The van der Waals surface area contributed by atoms with Crippen LogP contribution in [-0.2, 0) is 0 Å². The number of halogens is 1. The van der Waals surface area contributed by atoms with E-state index >= 15 is 0 Å². The summed E-state index contributed by atoms with van der Waals surface area (Å²) in [6.07, 6.45) is 9.08. The SMILES string of the molecule is O[C@H]1CCCC[C@H]1Nc1ncc2cncc(I)c2n1. The zero-order chi connectivity index (χ0) is 13.2. The minimum absolute atomic E-state index is 0.0608. The second-order valence-electron chi connectivity index (χ2n) is 4.86. The summed E-state index contributed by atoms with van der Waals surface area (Å²) in [6.45, 7) is 0. The third-order valence-corrected chi connectivity index (χ3v) is 4.28. The van der Waals surface area contributed by atoms with Crippen LogP contribution >= 0.6 is 22.6 Å². The first-order valence-electron chi connectivity index (χ1n) is 6.45. The summed E-state index contributed by atoms with van der Waals surface area (Å²) in [5.74, 6) is 0.586. The van der Waals surface area contributed by atoms with Crippen molar-refractivity contribution in [2.75, 3.05) is 5.32 Å². The Morgan fingerprint density at radius 3 is 2.89 bits per heavy atom. The zero-order valence-corrected chi connectivity index (χ0v) is 12.5. The number of hydrogen-bond donors (Lipinski definition) is 2. The average Bonchev–Trinajstić information content (AvgIpc) is 2.42. The van der Waals surface area contributed by atoms with Gasteiger partial charge >= 0.3 is 0 Å². The molecule has 2 heterocycles. The van der Waals surface area contributed by atoms with E-state index in [-0.39, 0.29) is 12.1 Å². The van der Waals surface area contributed by atoms with Gasteiger partial charge in [0.1, 0.15) is 0 Å². The molecule has 0 bridgehead atoms. The summed E-state index contributed by atoms with van der Waals surface area (Å²) in [7, 11) is 0. The van der Waals surface area contributed by atoms with Crippen molar-refractivity contribution < 1.29 is 5.11 Å². The molecule has 0 radical (unpaired) electrons. The van der Waals surface area contributed by atoms with Crippen LogP contribution in [0.5, 0.6) is 0 Å². The first kappa shape index (κ1) is 13.0. The van der Waals surface area contributed by atoms with E-state index in [1.807, 2.05) is 0 Å². The minimum Gasteiger partial charge on any atom is -0.391 e. The van der Waals surface area contributed by atoms with Crippen LogP contribution in [0.15, 0.2) is 18.6 Å². The lowest BCUT2D eigenvalue weighted by atomic mass is 9.93. The molecule has 2 atom stereocenters. The summed E-state index contributed by atoms with van der Waals surface area (Å²) < 4.78 is 1.00. The van der Waals surface area contributed by atoms with Crippen molar-refractivity contribution in [2.45, 2.75) is 37.8 Å². The fourth-order valence-electron chi connectivity index (χ4n) is 2.44. The smallest absolute Gasteiger partial charge is 0.223 e. The number of nitrogens with one attached hydrogen (secondary N) is 1. The van der Waals surface area contributed by atoms with Gasteiger partial charge in [-0.15, -0.1) is 0 Å². The highest BCUT2D eigenvalue weighted by Gasteiger charge is 2.23. The maximum atomic E-state index is 9.97. The topological polar surface area (TPSA) is 70.9 Å². The van der Waals surface area contributed by atoms with Crippen LogP contribution in [-0.4, -0.2) is 32.2 Å². The number of aliphatic hydroxyl groups is 1. The molecule has 6 heteroatoms. The molecule has 2 N–H and O–H groups in total. The lowest BCUT2D eigenvalue weighted by Crippen LogP contribution is -2.36. The number of pyridine rings is 1. The number of hydrogen-bond acceptors (Lipinski definition) is 5. The van der Waals surface area contributed by atoms with Crippen LogP contribution in [0.4, 0.5) is 5.95 Å². The molecule has 0 aromatic carbocycles. The van der Waals surface area contributed by atoms with Gasteiger partial charge < -0.3 is 10.4 Å². The fourth-order valence-corrected chi connectivity index (χ4v) is 3.03. The van der Waals surface area contributed by atoms with Gasteiger partial charge in [0.05, 0.1) is 21.2 Å². The Morgan fingerprint density at radius 1 is 1.21 bits per heavy atom. The maximum absolute atomic E-state index is 9.97. The first-order chi connectivity index (χ1) is 9.24. The number of fused-ring (bicyclic) bond motifs is 1. The Labute approximate surface area is 125 Å². The number of aliphatic hydroxyl groups excluding tert-OH is 1. The highest BCUT2D eigenvalue weighted by atomic mass is 127. The van der Waals surface area contributed by atoms with E-state index in [9.17, 15) is 5.11 Å². The van der Waals surface area contributed by atoms with E-state index in [4.69, 9.17) is 0 Å². The van der Waals surface area contributed by atoms with Gasteiger partial charge in [0, 0.05) is 24.0 Å². The molecule has 1 aliphatic rings. The van der Waals surface area contributed by atoms with E-state index in [0.29, 0.717) is 5.95 Å². The molecule has 0 aliphatic heterocycles. The van der Waals surface area contributed by atoms with Gasteiger partial charge in [-0.05, 0) is 35.4 Å². The maximum Gasteiger partial charge on any atom is 0.223 e. The predicted molar refractivity (Wildman–Crippen MR) is 81.9 cm³/mol. The molecule has 1 aliphatic carbocycles. The van der Waals surface area contributed by atoms with Crippen LogP contribution in [0.25, 0.3) is 10.9 Å². The van der Waals surface area contributed by atoms with Crippen LogP contribution in [0, 0.1) is 3.57 Å². The molecule has 0 amide bonds. The second-order valence-corrected chi connectivity index (χ2v) is 6.02. The van der Waals surface area contributed by atoms with Crippen LogP contribution in [0.3, 0.4) is 0 Å². The number of rotatable bonds is 2. The summed E-state index contributed by atoms with van der Waals surface area (Å²) in [6, 6.07) is 0.0608. The fraction of sp³-hybridized carbons (Fsp3) is 0.462. The van der Waals surface area contributed by atoms with Crippen molar-refractivity contribution in [2.24, 2.45) is 0 Å². The Hall–Kier alpha value is -1.02. The zero-order valence-electron chi connectivity index (χ0n) is 10.4. The standard InChI is InChI=1S/C13H15IN4O/c14-9-7-15-5-8-6-16-13(18-12(8)9)17-10-3-1-2-4-11(10)19/h5-7,10-11,19H,1-4H2,(H,16,17,18)/t10-,11+/m1/s1.